The molecule has 3 aromatic rings. The Kier molecular flexibility index (Phi) is 7.06. The minimum Gasteiger partial charge on any atom is -0.482 e. The van der Waals surface area contributed by atoms with Crippen molar-refractivity contribution in [2.75, 3.05) is 17.2 Å². The first kappa shape index (κ1) is 21.1. The molecule has 3 aromatic carbocycles. The molecule has 0 radical (unpaired) electrons. The molecule has 2 amide bonds. The molecule has 0 saturated carbocycles. The van der Waals surface area contributed by atoms with Crippen LogP contribution in [0.15, 0.2) is 75.7 Å². The number of rotatable bonds is 6. The fourth-order valence-electron chi connectivity index (χ4n) is 2.64. The van der Waals surface area contributed by atoms with E-state index in [1.807, 2.05) is 37.3 Å². The molecule has 0 aromatic heterocycles. The van der Waals surface area contributed by atoms with Gasteiger partial charge in [-0.1, -0.05) is 34.1 Å². The fraction of sp³-hybridized carbons (Fsp3) is 0.0909. The van der Waals surface area contributed by atoms with Gasteiger partial charge < -0.3 is 15.4 Å². The minimum absolute atomic E-state index is 0.117. The number of carbonyl (C=O) groups is 2. The van der Waals surface area contributed by atoms with Crippen LogP contribution in [-0.2, 0) is 4.79 Å². The maximum absolute atomic E-state index is 12.2. The van der Waals surface area contributed by atoms with Gasteiger partial charge in [-0.25, -0.2) is 0 Å². The zero-order chi connectivity index (χ0) is 20.8. The average Bonchev–Trinajstić information content (AvgIpc) is 2.69. The SMILES string of the molecule is Cc1cc(Br)cc(Br)c1OCC(=O)Nc1ccc(NC(=O)c2ccccc2)cc1. The number of halogens is 2. The van der Waals surface area contributed by atoms with Gasteiger partial charge >= 0.3 is 0 Å². The number of nitrogens with one attached hydrogen (secondary N) is 2. The lowest BCUT2D eigenvalue weighted by Crippen LogP contribution is -2.20. The summed E-state index contributed by atoms with van der Waals surface area (Å²) < 4.78 is 7.35. The summed E-state index contributed by atoms with van der Waals surface area (Å²) in [5.41, 5.74) is 2.75. The highest BCUT2D eigenvalue weighted by molar-refractivity contribution is 9.11. The molecule has 5 nitrogen and oxygen atoms in total. The van der Waals surface area contributed by atoms with Crippen LogP contribution in [0.2, 0.25) is 0 Å². The summed E-state index contributed by atoms with van der Waals surface area (Å²) in [5, 5.41) is 5.59. The summed E-state index contributed by atoms with van der Waals surface area (Å²) in [4.78, 5) is 24.4. The van der Waals surface area contributed by atoms with Crippen LogP contribution in [0.1, 0.15) is 15.9 Å². The van der Waals surface area contributed by atoms with Gasteiger partial charge in [0.05, 0.1) is 4.47 Å². The van der Waals surface area contributed by atoms with Crippen molar-refractivity contribution in [3.63, 3.8) is 0 Å². The first-order valence-electron chi connectivity index (χ1n) is 8.77. The van der Waals surface area contributed by atoms with E-state index >= 15 is 0 Å². The van der Waals surface area contributed by atoms with E-state index in [2.05, 4.69) is 42.5 Å². The molecular formula is C22H18Br2N2O3. The van der Waals surface area contributed by atoms with Crippen molar-refractivity contribution in [2.24, 2.45) is 0 Å². The Morgan fingerprint density at radius 1 is 0.897 bits per heavy atom. The largest absolute Gasteiger partial charge is 0.482 e. The van der Waals surface area contributed by atoms with Crippen LogP contribution in [0.4, 0.5) is 11.4 Å². The predicted molar refractivity (Wildman–Crippen MR) is 122 cm³/mol. The standard InChI is InChI=1S/C22H18Br2N2O3/c1-14-11-16(23)12-19(24)21(14)29-13-20(27)25-17-7-9-18(10-8-17)26-22(28)15-5-3-2-4-6-15/h2-12H,13H2,1H3,(H,25,27)(H,26,28). The van der Waals surface area contributed by atoms with E-state index in [1.54, 1.807) is 36.4 Å². The topological polar surface area (TPSA) is 67.4 Å². The second kappa shape index (κ2) is 9.71. The van der Waals surface area contributed by atoms with Crippen molar-refractivity contribution in [2.45, 2.75) is 6.92 Å². The lowest BCUT2D eigenvalue weighted by molar-refractivity contribution is -0.118. The van der Waals surface area contributed by atoms with Gasteiger partial charge in [0.15, 0.2) is 6.61 Å². The highest BCUT2D eigenvalue weighted by Crippen LogP contribution is 2.32. The van der Waals surface area contributed by atoms with Crippen LogP contribution >= 0.6 is 31.9 Å². The lowest BCUT2D eigenvalue weighted by atomic mass is 10.2. The molecule has 2 N–H and O–H groups in total. The maximum atomic E-state index is 12.2. The summed E-state index contributed by atoms with van der Waals surface area (Å²) in [7, 11) is 0. The van der Waals surface area contributed by atoms with E-state index in [4.69, 9.17) is 4.74 Å². The van der Waals surface area contributed by atoms with Gasteiger partial charge in [0.25, 0.3) is 11.8 Å². The Balaban J connectivity index is 1.54. The molecule has 0 bridgehead atoms. The molecule has 148 valence electrons. The molecule has 0 heterocycles. The van der Waals surface area contributed by atoms with Gasteiger partial charge in [0.1, 0.15) is 5.75 Å². The molecule has 0 aliphatic rings. The van der Waals surface area contributed by atoms with Crippen LogP contribution < -0.4 is 15.4 Å². The van der Waals surface area contributed by atoms with Gasteiger partial charge in [-0.05, 0) is 76.9 Å². The quantitative estimate of drug-likeness (QED) is 0.435. The summed E-state index contributed by atoms with van der Waals surface area (Å²) in [5.74, 6) is 0.161. The zero-order valence-corrected chi connectivity index (χ0v) is 18.7. The Labute approximate surface area is 185 Å². The summed E-state index contributed by atoms with van der Waals surface area (Å²) in [6.45, 7) is 1.79. The van der Waals surface area contributed by atoms with Gasteiger partial charge in [0, 0.05) is 21.4 Å². The second-order valence-electron chi connectivity index (χ2n) is 6.27. The molecule has 0 spiro atoms. The normalized spacial score (nSPS) is 10.3. The monoisotopic (exact) mass is 516 g/mol. The Bertz CT molecular complexity index is 999. The molecule has 3 rings (SSSR count). The van der Waals surface area contributed by atoms with Gasteiger partial charge in [0.2, 0.25) is 0 Å². The number of hydrogen-bond acceptors (Lipinski definition) is 3. The highest BCUT2D eigenvalue weighted by Gasteiger charge is 2.10. The third-order valence-corrected chi connectivity index (χ3v) is 5.05. The van der Waals surface area contributed by atoms with Crippen LogP contribution in [0.3, 0.4) is 0 Å². The molecule has 0 unspecified atom stereocenters. The van der Waals surface area contributed by atoms with Crippen molar-refractivity contribution >= 4 is 55.0 Å². The highest BCUT2D eigenvalue weighted by atomic mass is 79.9. The van der Waals surface area contributed by atoms with Gasteiger partial charge in [-0.2, -0.15) is 0 Å². The predicted octanol–water partition coefficient (Wildman–Crippen LogP) is 5.79. The number of aryl methyl sites for hydroxylation is 1. The van der Waals surface area contributed by atoms with Crippen molar-refractivity contribution in [1.82, 2.24) is 0 Å². The van der Waals surface area contributed by atoms with Crippen LogP contribution in [0, 0.1) is 6.92 Å². The van der Waals surface area contributed by atoms with E-state index in [9.17, 15) is 9.59 Å². The first-order chi connectivity index (χ1) is 13.9. The number of anilines is 2. The van der Waals surface area contributed by atoms with Crippen molar-refractivity contribution in [3.8, 4) is 5.75 Å². The number of amides is 2. The molecule has 29 heavy (non-hydrogen) atoms. The number of carbonyl (C=O) groups excluding carboxylic acids is 2. The first-order valence-corrected chi connectivity index (χ1v) is 10.4. The summed E-state index contributed by atoms with van der Waals surface area (Å²) >= 11 is 6.85. The van der Waals surface area contributed by atoms with Crippen LogP contribution in [0.25, 0.3) is 0 Å². The van der Waals surface area contributed by atoms with Crippen molar-refractivity contribution in [1.29, 1.82) is 0 Å². The van der Waals surface area contributed by atoms with Crippen LogP contribution in [-0.4, -0.2) is 18.4 Å². The maximum Gasteiger partial charge on any atom is 0.262 e. The van der Waals surface area contributed by atoms with E-state index in [0.29, 0.717) is 22.7 Å². The van der Waals surface area contributed by atoms with E-state index in [-0.39, 0.29) is 18.4 Å². The van der Waals surface area contributed by atoms with Crippen molar-refractivity contribution in [3.05, 3.63) is 86.8 Å². The molecule has 7 heteroatoms. The zero-order valence-electron chi connectivity index (χ0n) is 15.5. The van der Waals surface area contributed by atoms with E-state index in [1.165, 1.54) is 0 Å². The third kappa shape index (κ3) is 5.92. The number of hydrogen-bond donors (Lipinski definition) is 2. The lowest BCUT2D eigenvalue weighted by Gasteiger charge is -2.12. The summed E-state index contributed by atoms with van der Waals surface area (Å²) in [6, 6.07) is 19.6. The smallest absolute Gasteiger partial charge is 0.262 e. The Morgan fingerprint density at radius 2 is 1.52 bits per heavy atom. The molecule has 0 aliphatic carbocycles. The average molecular weight is 518 g/mol. The summed E-state index contributed by atoms with van der Waals surface area (Å²) in [6.07, 6.45) is 0. The Hall–Kier alpha value is -2.64. The Morgan fingerprint density at radius 3 is 2.14 bits per heavy atom. The number of ether oxygens (including phenoxy) is 1. The molecule has 0 fully saturated rings. The van der Waals surface area contributed by atoms with Crippen molar-refractivity contribution < 1.29 is 14.3 Å². The molecule has 0 atom stereocenters. The van der Waals surface area contributed by atoms with Crippen LogP contribution in [0.5, 0.6) is 5.75 Å². The minimum atomic E-state index is -0.278. The van der Waals surface area contributed by atoms with E-state index in [0.717, 1.165) is 14.5 Å². The molecule has 0 aliphatic heterocycles. The second-order valence-corrected chi connectivity index (χ2v) is 8.04. The molecule has 0 saturated heterocycles. The third-order valence-electron chi connectivity index (χ3n) is 4.00. The molecular weight excluding hydrogens is 500 g/mol. The van der Waals surface area contributed by atoms with E-state index < -0.39 is 0 Å². The van der Waals surface area contributed by atoms with Gasteiger partial charge in [-0.15, -0.1) is 0 Å². The number of benzene rings is 3. The fourth-order valence-corrected chi connectivity index (χ4v) is 4.19. The van der Waals surface area contributed by atoms with Gasteiger partial charge in [-0.3, -0.25) is 9.59 Å².